The monoisotopic (exact) mass is 248 g/mol. The van der Waals surface area contributed by atoms with E-state index in [1.807, 2.05) is 0 Å². The number of phenolic OH excluding ortho intramolecular Hbond substituents is 1. The number of hydrogen-bond acceptors (Lipinski definition) is 3. The Balaban J connectivity index is 3.26. The third-order valence-corrected chi connectivity index (χ3v) is 2.55. The van der Waals surface area contributed by atoms with E-state index < -0.39 is 5.97 Å². The van der Waals surface area contributed by atoms with Gasteiger partial charge in [0.15, 0.2) is 0 Å². The van der Waals surface area contributed by atoms with Crippen LogP contribution in [-0.2, 0) is 16.5 Å². The molecule has 1 rings (SSSR count). The van der Waals surface area contributed by atoms with E-state index in [0.29, 0.717) is 16.7 Å². The van der Waals surface area contributed by atoms with Crippen LogP contribution in [-0.4, -0.2) is 18.2 Å². The van der Waals surface area contributed by atoms with E-state index in [4.69, 9.17) is 23.2 Å². The van der Waals surface area contributed by atoms with Crippen molar-refractivity contribution in [1.82, 2.24) is 0 Å². The lowest BCUT2D eigenvalue weighted by molar-refractivity contribution is 0.0600. The highest BCUT2D eigenvalue weighted by atomic mass is 35.5. The van der Waals surface area contributed by atoms with E-state index in [-0.39, 0.29) is 17.5 Å². The first kappa shape index (κ1) is 12.1. The fourth-order valence-electron chi connectivity index (χ4n) is 1.20. The van der Waals surface area contributed by atoms with Gasteiger partial charge in [0.2, 0.25) is 0 Å². The summed E-state index contributed by atoms with van der Waals surface area (Å²) in [5.41, 5.74) is 1.27. The largest absolute Gasteiger partial charge is 0.507 e. The SMILES string of the molecule is COC(=O)c1cc(CCl)c(O)c(CCl)c1. The van der Waals surface area contributed by atoms with Gasteiger partial charge in [0, 0.05) is 11.1 Å². The molecule has 0 aliphatic rings. The van der Waals surface area contributed by atoms with Crippen LogP contribution < -0.4 is 0 Å². The highest BCUT2D eigenvalue weighted by molar-refractivity contribution is 6.18. The molecule has 0 amide bonds. The Morgan fingerprint density at radius 1 is 1.33 bits per heavy atom. The third kappa shape index (κ3) is 2.55. The number of alkyl halides is 2. The maximum absolute atomic E-state index is 11.3. The molecule has 0 saturated carbocycles. The molecule has 0 aliphatic heterocycles. The molecule has 82 valence electrons. The second-order valence-corrected chi connectivity index (χ2v) is 3.44. The Bertz CT molecular complexity index is 352. The number of methoxy groups -OCH3 is 1. The fraction of sp³-hybridized carbons (Fsp3) is 0.300. The Hall–Kier alpha value is -0.930. The molecule has 0 fully saturated rings. The minimum Gasteiger partial charge on any atom is -0.507 e. The van der Waals surface area contributed by atoms with Crippen molar-refractivity contribution in [3.8, 4) is 5.75 Å². The number of ether oxygens (including phenoxy) is 1. The van der Waals surface area contributed by atoms with Crippen molar-refractivity contribution in [2.75, 3.05) is 7.11 Å². The van der Waals surface area contributed by atoms with Gasteiger partial charge in [-0.25, -0.2) is 4.79 Å². The minimum absolute atomic E-state index is 0.0349. The van der Waals surface area contributed by atoms with Gasteiger partial charge < -0.3 is 9.84 Å². The molecule has 0 saturated heterocycles. The summed E-state index contributed by atoms with van der Waals surface area (Å²) in [5, 5.41) is 9.65. The number of hydrogen-bond donors (Lipinski definition) is 1. The summed E-state index contributed by atoms with van der Waals surface area (Å²) < 4.78 is 4.57. The summed E-state index contributed by atoms with van der Waals surface area (Å²) in [6.07, 6.45) is 0. The van der Waals surface area contributed by atoms with E-state index in [0.717, 1.165) is 0 Å². The van der Waals surface area contributed by atoms with Crippen LogP contribution in [0.4, 0.5) is 0 Å². The molecule has 15 heavy (non-hydrogen) atoms. The summed E-state index contributed by atoms with van der Waals surface area (Å²) in [7, 11) is 1.29. The van der Waals surface area contributed by atoms with Crippen LogP contribution in [0.25, 0.3) is 0 Å². The number of carbonyl (C=O) groups is 1. The van der Waals surface area contributed by atoms with Crippen LogP contribution >= 0.6 is 23.2 Å². The Kier molecular flexibility index (Phi) is 4.24. The predicted molar refractivity (Wildman–Crippen MR) is 58.6 cm³/mol. The molecule has 0 aromatic heterocycles. The molecule has 1 N–H and O–H groups in total. The van der Waals surface area contributed by atoms with E-state index in [1.54, 1.807) is 0 Å². The number of carbonyl (C=O) groups excluding carboxylic acids is 1. The first-order chi connectivity index (χ1) is 7.13. The molecule has 0 spiro atoms. The van der Waals surface area contributed by atoms with Gasteiger partial charge in [0.25, 0.3) is 0 Å². The minimum atomic E-state index is -0.479. The molecule has 0 atom stereocenters. The maximum Gasteiger partial charge on any atom is 0.337 e. The van der Waals surface area contributed by atoms with E-state index in [9.17, 15) is 9.90 Å². The molecule has 1 aromatic rings. The van der Waals surface area contributed by atoms with Gasteiger partial charge in [-0.3, -0.25) is 0 Å². The zero-order valence-electron chi connectivity index (χ0n) is 8.09. The van der Waals surface area contributed by atoms with Gasteiger partial charge in [-0.1, -0.05) is 0 Å². The van der Waals surface area contributed by atoms with Crippen LogP contribution in [0.3, 0.4) is 0 Å². The van der Waals surface area contributed by atoms with E-state index >= 15 is 0 Å². The van der Waals surface area contributed by atoms with Gasteiger partial charge in [-0.15, -0.1) is 23.2 Å². The van der Waals surface area contributed by atoms with E-state index in [1.165, 1.54) is 19.2 Å². The Morgan fingerprint density at radius 3 is 2.13 bits per heavy atom. The molecule has 3 nitrogen and oxygen atoms in total. The average molecular weight is 249 g/mol. The first-order valence-electron chi connectivity index (χ1n) is 4.19. The first-order valence-corrected chi connectivity index (χ1v) is 5.26. The normalized spacial score (nSPS) is 10.1. The zero-order chi connectivity index (χ0) is 11.4. The molecule has 1 aromatic carbocycles. The molecule has 0 aliphatic carbocycles. The van der Waals surface area contributed by atoms with Crippen molar-refractivity contribution in [2.45, 2.75) is 11.8 Å². The molecule has 0 bridgehead atoms. The predicted octanol–water partition coefficient (Wildman–Crippen LogP) is 2.66. The lowest BCUT2D eigenvalue weighted by Crippen LogP contribution is -2.03. The van der Waals surface area contributed by atoms with Gasteiger partial charge in [-0.2, -0.15) is 0 Å². The molecular weight excluding hydrogens is 239 g/mol. The van der Waals surface area contributed by atoms with Gasteiger partial charge in [-0.05, 0) is 12.1 Å². The maximum atomic E-state index is 11.3. The second kappa shape index (κ2) is 5.24. The van der Waals surface area contributed by atoms with Crippen LogP contribution in [0, 0.1) is 0 Å². The van der Waals surface area contributed by atoms with Crippen LogP contribution in [0.5, 0.6) is 5.75 Å². The Labute approximate surface area is 97.6 Å². The smallest absolute Gasteiger partial charge is 0.337 e. The van der Waals surface area contributed by atoms with Gasteiger partial charge in [0.05, 0.1) is 24.4 Å². The summed E-state index contributed by atoms with van der Waals surface area (Å²) in [5.74, 6) is -0.221. The molecule has 0 radical (unpaired) electrons. The van der Waals surface area contributed by atoms with Gasteiger partial charge in [0.1, 0.15) is 5.75 Å². The van der Waals surface area contributed by atoms with Crippen molar-refractivity contribution >= 4 is 29.2 Å². The third-order valence-electron chi connectivity index (χ3n) is 1.98. The number of halogens is 2. The molecule has 0 unspecified atom stereocenters. The Morgan fingerprint density at radius 2 is 1.80 bits per heavy atom. The summed E-state index contributed by atoms with van der Waals surface area (Å²) in [6.45, 7) is 0. The van der Waals surface area contributed by atoms with Crippen molar-refractivity contribution < 1.29 is 14.6 Å². The van der Waals surface area contributed by atoms with Crippen LogP contribution in [0.1, 0.15) is 21.5 Å². The topological polar surface area (TPSA) is 46.5 Å². The number of phenols is 1. The number of rotatable bonds is 3. The fourth-order valence-corrected chi connectivity index (χ4v) is 1.61. The molecule has 0 heterocycles. The average Bonchev–Trinajstić information content (AvgIpc) is 2.28. The number of esters is 1. The van der Waals surface area contributed by atoms with E-state index in [2.05, 4.69) is 4.74 Å². The standard InChI is InChI=1S/C10H10Cl2O3/c1-15-10(14)6-2-7(4-11)9(13)8(3-6)5-12/h2-3,13H,4-5H2,1H3. The highest BCUT2D eigenvalue weighted by Gasteiger charge is 2.13. The highest BCUT2D eigenvalue weighted by Crippen LogP contribution is 2.27. The quantitative estimate of drug-likeness (QED) is 0.661. The van der Waals surface area contributed by atoms with Gasteiger partial charge >= 0.3 is 5.97 Å². The van der Waals surface area contributed by atoms with Crippen LogP contribution in [0.2, 0.25) is 0 Å². The van der Waals surface area contributed by atoms with Crippen molar-refractivity contribution in [1.29, 1.82) is 0 Å². The summed E-state index contributed by atoms with van der Waals surface area (Å²) in [4.78, 5) is 11.3. The second-order valence-electron chi connectivity index (χ2n) is 2.90. The number of aromatic hydroxyl groups is 1. The molecule has 5 heteroatoms. The van der Waals surface area contributed by atoms with Crippen molar-refractivity contribution in [2.24, 2.45) is 0 Å². The zero-order valence-corrected chi connectivity index (χ0v) is 9.60. The molecular formula is C10H10Cl2O3. The van der Waals surface area contributed by atoms with Crippen LogP contribution in [0.15, 0.2) is 12.1 Å². The number of benzene rings is 1. The lowest BCUT2D eigenvalue weighted by Gasteiger charge is -2.08. The van der Waals surface area contributed by atoms with Crippen molar-refractivity contribution in [3.05, 3.63) is 28.8 Å². The summed E-state index contributed by atoms with van der Waals surface area (Å²) >= 11 is 11.3. The summed E-state index contributed by atoms with van der Waals surface area (Å²) in [6, 6.07) is 2.98. The van der Waals surface area contributed by atoms with Crippen molar-refractivity contribution in [3.63, 3.8) is 0 Å². The lowest BCUT2D eigenvalue weighted by atomic mass is 10.1.